The molecule has 0 bridgehead atoms. The Morgan fingerprint density at radius 2 is 1.97 bits per heavy atom. The van der Waals surface area contributed by atoms with Crippen molar-refractivity contribution in [1.29, 1.82) is 0 Å². The molecule has 0 radical (unpaired) electrons. The van der Waals surface area contributed by atoms with Gasteiger partial charge in [-0.15, -0.1) is 0 Å². The van der Waals surface area contributed by atoms with Crippen molar-refractivity contribution < 1.29 is 5.11 Å². The topological polar surface area (TPSA) is 82.1 Å². The van der Waals surface area contributed by atoms with Crippen LogP contribution >= 0.6 is 0 Å². The van der Waals surface area contributed by atoms with Gasteiger partial charge in [0.05, 0.1) is 17.0 Å². The molecule has 150 valence electrons. The van der Waals surface area contributed by atoms with Gasteiger partial charge in [-0.3, -0.25) is 9.69 Å². The van der Waals surface area contributed by atoms with Crippen molar-refractivity contribution in [1.82, 2.24) is 19.9 Å². The van der Waals surface area contributed by atoms with E-state index >= 15 is 0 Å². The fourth-order valence-corrected chi connectivity index (χ4v) is 4.69. The van der Waals surface area contributed by atoms with E-state index < -0.39 is 0 Å². The van der Waals surface area contributed by atoms with Crippen molar-refractivity contribution in [2.75, 3.05) is 6.54 Å². The minimum Gasteiger partial charge on any atom is -0.506 e. The first-order valence-corrected chi connectivity index (χ1v) is 10.6. The number of benzene rings is 1. The van der Waals surface area contributed by atoms with Gasteiger partial charge in [0.2, 0.25) is 0 Å². The van der Waals surface area contributed by atoms with E-state index in [2.05, 4.69) is 14.9 Å². The van der Waals surface area contributed by atoms with Gasteiger partial charge in [-0.1, -0.05) is 37.5 Å². The normalized spacial score (nSPS) is 18.1. The first-order valence-electron chi connectivity index (χ1n) is 10.6. The molecule has 3 heterocycles. The van der Waals surface area contributed by atoms with Crippen LogP contribution in [-0.4, -0.2) is 31.5 Å². The lowest BCUT2D eigenvalue weighted by atomic mass is 9.88. The number of aromatic nitrogens is 3. The number of nitrogens with one attached hydrogen (secondary N) is 1. The highest BCUT2D eigenvalue weighted by molar-refractivity contribution is 5.84. The molecular formula is C23H26N4O2. The summed E-state index contributed by atoms with van der Waals surface area (Å²) in [5, 5.41) is 11.0. The molecule has 5 rings (SSSR count). The lowest BCUT2D eigenvalue weighted by molar-refractivity contribution is 0.238. The molecule has 0 spiro atoms. The highest BCUT2D eigenvalue weighted by Crippen LogP contribution is 2.31. The van der Waals surface area contributed by atoms with Crippen LogP contribution < -0.4 is 5.56 Å². The summed E-state index contributed by atoms with van der Waals surface area (Å²) in [5.74, 6) is 1.51. The molecule has 1 aliphatic heterocycles. The lowest BCUT2D eigenvalue weighted by Crippen LogP contribution is -2.36. The fraction of sp³-hybridized carbons (Fsp3) is 0.435. The second-order valence-corrected chi connectivity index (χ2v) is 8.32. The van der Waals surface area contributed by atoms with Crippen LogP contribution in [0.5, 0.6) is 5.75 Å². The van der Waals surface area contributed by atoms with Gasteiger partial charge in [0.1, 0.15) is 17.1 Å². The predicted molar refractivity (Wildman–Crippen MR) is 112 cm³/mol. The Labute approximate surface area is 169 Å². The van der Waals surface area contributed by atoms with E-state index in [1.54, 1.807) is 6.07 Å². The van der Waals surface area contributed by atoms with E-state index in [9.17, 15) is 9.90 Å². The Hall–Kier alpha value is -2.73. The van der Waals surface area contributed by atoms with E-state index in [0.717, 1.165) is 54.0 Å². The van der Waals surface area contributed by atoms with Crippen LogP contribution in [0.3, 0.4) is 0 Å². The van der Waals surface area contributed by atoms with Crippen molar-refractivity contribution in [2.24, 2.45) is 0 Å². The van der Waals surface area contributed by atoms with E-state index in [-0.39, 0.29) is 11.3 Å². The summed E-state index contributed by atoms with van der Waals surface area (Å²) >= 11 is 0. The number of hydrogen-bond acceptors (Lipinski definition) is 5. The summed E-state index contributed by atoms with van der Waals surface area (Å²) in [7, 11) is 0. The fourth-order valence-electron chi connectivity index (χ4n) is 4.69. The maximum Gasteiger partial charge on any atom is 0.255 e. The van der Waals surface area contributed by atoms with E-state index in [0.29, 0.717) is 24.5 Å². The van der Waals surface area contributed by atoms with Crippen LogP contribution in [0, 0.1) is 0 Å². The van der Waals surface area contributed by atoms with Crippen molar-refractivity contribution >= 4 is 10.9 Å². The highest BCUT2D eigenvalue weighted by atomic mass is 16.3. The summed E-state index contributed by atoms with van der Waals surface area (Å²) in [5.41, 5.74) is 3.29. The molecule has 2 N–H and O–H groups in total. The number of rotatable bonds is 3. The second kappa shape index (κ2) is 7.59. The van der Waals surface area contributed by atoms with E-state index in [1.807, 2.05) is 24.3 Å². The van der Waals surface area contributed by atoms with Gasteiger partial charge in [-0.05, 0) is 25.0 Å². The third-order valence-corrected chi connectivity index (χ3v) is 6.30. The van der Waals surface area contributed by atoms with E-state index in [4.69, 9.17) is 4.98 Å². The standard InChI is InChI=1S/C23H26N4O2/c28-20-8-4-7-15-9-10-17(24-21(15)20)13-27-12-11-19-18(14-27)23(29)26-22(25-19)16-5-2-1-3-6-16/h4,7-10,16,28H,1-3,5-6,11-14H2,(H,25,26,29). The molecule has 3 aromatic rings. The molecule has 1 fully saturated rings. The summed E-state index contributed by atoms with van der Waals surface area (Å²) in [6.45, 7) is 2.09. The molecule has 6 heteroatoms. The number of pyridine rings is 1. The van der Waals surface area contributed by atoms with Crippen LogP contribution in [-0.2, 0) is 19.5 Å². The van der Waals surface area contributed by atoms with Crippen molar-refractivity contribution in [3.8, 4) is 5.75 Å². The average molecular weight is 390 g/mol. The van der Waals surface area contributed by atoms with Gasteiger partial charge in [-0.25, -0.2) is 9.97 Å². The van der Waals surface area contributed by atoms with E-state index in [1.165, 1.54) is 19.3 Å². The number of fused-ring (bicyclic) bond motifs is 2. The van der Waals surface area contributed by atoms with Crippen LogP contribution in [0.2, 0.25) is 0 Å². The molecule has 0 atom stereocenters. The zero-order chi connectivity index (χ0) is 19.8. The third kappa shape index (κ3) is 3.65. The minimum atomic E-state index is 0.0180. The van der Waals surface area contributed by atoms with Gasteiger partial charge in [0.15, 0.2) is 0 Å². The minimum absolute atomic E-state index is 0.0180. The Kier molecular flexibility index (Phi) is 4.79. The zero-order valence-corrected chi connectivity index (χ0v) is 16.5. The smallest absolute Gasteiger partial charge is 0.255 e. The number of aromatic amines is 1. The first-order chi connectivity index (χ1) is 14.2. The lowest BCUT2D eigenvalue weighted by Gasteiger charge is -2.28. The highest BCUT2D eigenvalue weighted by Gasteiger charge is 2.24. The number of H-pyrrole nitrogens is 1. The average Bonchev–Trinajstić information content (AvgIpc) is 2.75. The number of hydrogen-bond donors (Lipinski definition) is 2. The Morgan fingerprint density at radius 1 is 1.10 bits per heavy atom. The Bertz CT molecular complexity index is 1100. The quantitative estimate of drug-likeness (QED) is 0.714. The van der Waals surface area contributed by atoms with Gasteiger partial charge in [0.25, 0.3) is 5.56 Å². The second-order valence-electron chi connectivity index (χ2n) is 8.32. The van der Waals surface area contributed by atoms with Crippen LogP contribution in [0.25, 0.3) is 10.9 Å². The molecule has 2 aromatic heterocycles. The molecule has 1 saturated carbocycles. The SMILES string of the molecule is O=c1[nH]c(C2CCCCC2)nc2c1CN(Cc1ccc3cccc(O)c3n1)CC2. The van der Waals surface area contributed by atoms with Gasteiger partial charge in [0, 0.05) is 37.4 Å². The Balaban J connectivity index is 1.36. The van der Waals surface area contributed by atoms with Crippen molar-refractivity contribution in [3.05, 3.63) is 63.5 Å². The van der Waals surface area contributed by atoms with Gasteiger partial charge in [-0.2, -0.15) is 0 Å². The summed E-state index contributed by atoms with van der Waals surface area (Å²) in [4.78, 5) is 27.6. The summed E-state index contributed by atoms with van der Waals surface area (Å²) in [6.07, 6.45) is 6.81. The molecule has 2 aliphatic rings. The maximum absolute atomic E-state index is 12.8. The molecule has 1 aromatic carbocycles. The zero-order valence-electron chi connectivity index (χ0n) is 16.5. The number of aromatic hydroxyl groups is 1. The van der Waals surface area contributed by atoms with Gasteiger partial charge >= 0.3 is 0 Å². The molecule has 0 unspecified atom stereocenters. The van der Waals surface area contributed by atoms with Crippen LogP contribution in [0.1, 0.15) is 60.8 Å². The predicted octanol–water partition coefficient (Wildman–Crippen LogP) is 3.63. The van der Waals surface area contributed by atoms with Gasteiger partial charge < -0.3 is 10.1 Å². The summed E-state index contributed by atoms with van der Waals surface area (Å²) in [6, 6.07) is 9.40. The molecule has 0 amide bonds. The molecule has 0 saturated heterocycles. The molecule has 29 heavy (non-hydrogen) atoms. The number of nitrogens with zero attached hydrogens (tertiary/aromatic N) is 3. The molecule has 6 nitrogen and oxygen atoms in total. The Morgan fingerprint density at radius 3 is 2.83 bits per heavy atom. The maximum atomic E-state index is 12.8. The van der Waals surface area contributed by atoms with Crippen molar-refractivity contribution in [2.45, 2.75) is 57.5 Å². The molecule has 1 aliphatic carbocycles. The molecular weight excluding hydrogens is 364 g/mol. The van der Waals surface area contributed by atoms with Crippen molar-refractivity contribution in [3.63, 3.8) is 0 Å². The number of phenols is 1. The summed E-state index contributed by atoms with van der Waals surface area (Å²) < 4.78 is 0. The number of para-hydroxylation sites is 1. The van der Waals surface area contributed by atoms with Crippen LogP contribution in [0.4, 0.5) is 0 Å². The number of phenolic OH excluding ortho intramolecular Hbond substituents is 1. The first kappa shape index (κ1) is 18.3. The monoisotopic (exact) mass is 390 g/mol. The van der Waals surface area contributed by atoms with Crippen LogP contribution in [0.15, 0.2) is 35.1 Å². The third-order valence-electron chi connectivity index (χ3n) is 6.30. The largest absolute Gasteiger partial charge is 0.506 e.